The van der Waals surface area contributed by atoms with Crippen LogP contribution in [0.25, 0.3) is 0 Å². The predicted octanol–water partition coefficient (Wildman–Crippen LogP) is 2.02. The van der Waals surface area contributed by atoms with E-state index >= 15 is 0 Å². The molecule has 0 saturated carbocycles. The molecule has 3 rings (SSSR count). The van der Waals surface area contributed by atoms with Crippen LogP contribution in [0.1, 0.15) is 24.5 Å². The molecular formula is C15H15N3O2S. The van der Waals surface area contributed by atoms with Gasteiger partial charge in [-0.3, -0.25) is 4.79 Å². The molecule has 0 spiro atoms. The normalized spacial score (nSPS) is 27.6. The number of hydrogen-bond donors (Lipinski definition) is 1. The predicted molar refractivity (Wildman–Crippen MR) is 80.7 cm³/mol. The molecule has 0 aliphatic carbocycles. The number of thioether (sulfide) groups is 1. The van der Waals surface area contributed by atoms with E-state index in [0.29, 0.717) is 24.3 Å². The summed E-state index contributed by atoms with van der Waals surface area (Å²) in [5.74, 6) is 1.23. The maximum absolute atomic E-state index is 12.3. The van der Waals surface area contributed by atoms with Gasteiger partial charge >= 0.3 is 0 Å². The minimum atomic E-state index is -0.755. The lowest BCUT2D eigenvalue weighted by Gasteiger charge is -2.20. The van der Waals surface area contributed by atoms with Crippen molar-refractivity contribution in [2.45, 2.75) is 24.5 Å². The van der Waals surface area contributed by atoms with E-state index in [1.165, 1.54) is 0 Å². The second kappa shape index (κ2) is 5.78. The Labute approximate surface area is 127 Å². The van der Waals surface area contributed by atoms with E-state index in [1.54, 1.807) is 11.8 Å². The van der Waals surface area contributed by atoms with Crippen molar-refractivity contribution in [1.29, 1.82) is 5.26 Å². The summed E-state index contributed by atoms with van der Waals surface area (Å²) in [7, 11) is 0. The zero-order chi connectivity index (χ0) is 14.7. The average molecular weight is 301 g/mol. The largest absolute Gasteiger partial charge is 0.387 e. The smallest absolute Gasteiger partial charge is 0.270 e. The molecule has 2 aliphatic heterocycles. The van der Waals surface area contributed by atoms with Crippen molar-refractivity contribution in [1.82, 2.24) is 5.32 Å². The highest BCUT2D eigenvalue weighted by Crippen LogP contribution is 2.29. The molecule has 1 aromatic carbocycles. The molecule has 0 aromatic heterocycles. The Balaban J connectivity index is 1.64. The third-order valence-corrected chi connectivity index (χ3v) is 4.88. The maximum Gasteiger partial charge on any atom is 0.270 e. The summed E-state index contributed by atoms with van der Waals surface area (Å²) in [6.07, 6.45) is 0.892. The fraction of sp³-hybridized carbons (Fsp3) is 0.400. The van der Waals surface area contributed by atoms with E-state index in [0.717, 1.165) is 11.3 Å². The van der Waals surface area contributed by atoms with Gasteiger partial charge in [-0.25, -0.2) is 0 Å². The van der Waals surface area contributed by atoms with Gasteiger partial charge in [-0.15, -0.1) is 0 Å². The zero-order valence-corrected chi connectivity index (χ0v) is 12.2. The van der Waals surface area contributed by atoms with E-state index in [9.17, 15) is 10.1 Å². The molecule has 1 amide bonds. The molecule has 5 nitrogen and oxygen atoms in total. The van der Waals surface area contributed by atoms with E-state index in [1.807, 2.05) is 30.3 Å². The van der Waals surface area contributed by atoms with Gasteiger partial charge in [0, 0.05) is 12.2 Å². The molecule has 2 atom stereocenters. The number of carbonyl (C=O) groups excluding carboxylic acids is 1. The summed E-state index contributed by atoms with van der Waals surface area (Å²) in [6, 6.07) is 11.9. The van der Waals surface area contributed by atoms with Crippen LogP contribution in [-0.4, -0.2) is 28.7 Å². The lowest BCUT2D eigenvalue weighted by atomic mass is 9.99. The van der Waals surface area contributed by atoms with E-state index in [-0.39, 0.29) is 12.0 Å². The SMILES string of the molecule is N#C[C@]1(NC(=O)C2=NO[C@@H](c3ccccc3)C2)CCSC1. The lowest BCUT2D eigenvalue weighted by Crippen LogP contribution is -2.49. The molecule has 1 saturated heterocycles. The van der Waals surface area contributed by atoms with Crippen molar-refractivity contribution in [3.8, 4) is 6.07 Å². The van der Waals surface area contributed by atoms with Gasteiger partial charge in [0.05, 0.1) is 6.07 Å². The van der Waals surface area contributed by atoms with Gasteiger partial charge in [0.1, 0.15) is 11.3 Å². The van der Waals surface area contributed by atoms with Gasteiger partial charge < -0.3 is 10.2 Å². The number of oxime groups is 1. The van der Waals surface area contributed by atoms with Gasteiger partial charge in [0.25, 0.3) is 5.91 Å². The number of hydrogen-bond acceptors (Lipinski definition) is 5. The van der Waals surface area contributed by atoms with Crippen LogP contribution in [-0.2, 0) is 9.63 Å². The highest BCUT2D eigenvalue weighted by atomic mass is 32.2. The first-order chi connectivity index (χ1) is 10.2. The Bertz CT molecular complexity index is 603. The van der Waals surface area contributed by atoms with Crippen LogP contribution in [0.3, 0.4) is 0 Å². The number of amides is 1. The molecule has 1 N–H and O–H groups in total. The molecule has 1 fully saturated rings. The number of carbonyl (C=O) groups is 1. The third-order valence-electron chi connectivity index (χ3n) is 3.69. The summed E-state index contributed by atoms with van der Waals surface area (Å²) in [6.45, 7) is 0. The topological polar surface area (TPSA) is 74.5 Å². The maximum atomic E-state index is 12.3. The molecule has 108 valence electrons. The molecule has 0 radical (unpaired) electrons. The first-order valence-electron chi connectivity index (χ1n) is 6.82. The van der Waals surface area contributed by atoms with Crippen molar-refractivity contribution in [3.05, 3.63) is 35.9 Å². The Morgan fingerprint density at radius 2 is 2.29 bits per heavy atom. The summed E-state index contributed by atoms with van der Waals surface area (Å²) in [4.78, 5) is 17.6. The minimum Gasteiger partial charge on any atom is -0.387 e. The highest BCUT2D eigenvalue weighted by Gasteiger charge is 2.38. The molecular weight excluding hydrogens is 286 g/mol. The first-order valence-corrected chi connectivity index (χ1v) is 7.97. The quantitative estimate of drug-likeness (QED) is 0.927. The zero-order valence-electron chi connectivity index (χ0n) is 11.4. The third kappa shape index (κ3) is 2.88. The van der Waals surface area contributed by atoms with Crippen LogP contribution in [0.4, 0.5) is 0 Å². The summed E-state index contributed by atoms with van der Waals surface area (Å²) in [5.41, 5.74) is 0.598. The van der Waals surface area contributed by atoms with Crippen LogP contribution in [0.2, 0.25) is 0 Å². The van der Waals surface area contributed by atoms with Gasteiger partial charge in [-0.1, -0.05) is 35.5 Å². The van der Waals surface area contributed by atoms with Crippen LogP contribution in [0.15, 0.2) is 35.5 Å². The summed E-state index contributed by atoms with van der Waals surface area (Å²) >= 11 is 1.68. The van der Waals surface area contributed by atoms with Gasteiger partial charge in [0.15, 0.2) is 6.10 Å². The van der Waals surface area contributed by atoms with Gasteiger partial charge in [0.2, 0.25) is 0 Å². The number of nitrogens with one attached hydrogen (secondary N) is 1. The Hall–Kier alpha value is -2.00. The van der Waals surface area contributed by atoms with Crippen molar-refractivity contribution in [3.63, 3.8) is 0 Å². The second-order valence-corrected chi connectivity index (χ2v) is 6.30. The van der Waals surface area contributed by atoms with Crippen molar-refractivity contribution >= 4 is 23.4 Å². The van der Waals surface area contributed by atoms with E-state index < -0.39 is 5.54 Å². The van der Waals surface area contributed by atoms with Crippen LogP contribution in [0, 0.1) is 11.3 Å². The van der Waals surface area contributed by atoms with E-state index in [2.05, 4.69) is 16.5 Å². The standard InChI is InChI=1S/C15H15N3O2S/c16-9-15(6-7-21-10-15)17-14(19)12-8-13(20-18-12)11-4-2-1-3-5-11/h1-5,13H,6-8,10H2,(H,17,19)/t13-,15-/m1/s1. The molecule has 2 aliphatic rings. The number of benzene rings is 1. The highest BCUT2D eigenvalue weighted by molar-refractivity contribution is 7.99. The lowest BCUT2D eigenvalue weighted by molar-refractivity contribution is -0.116. The fourth-order valence-corrected chi connectivity index (χ4v) is 3.69. The molecule has 2 heterocycles. The van der Waals surface area contributed by atoms with Crippen molar-refractivity contribution < 1.29 is 9.63 Å². The molecule has 0 unspecified atom stereocenters. The van der Waals surface area contributed by atoms with E-state index in [4.69, 9.17) is 4.84 Å². The van der Waals surface area contributed by atoms with Crippen LogP contribution >= 0.6 is 11.8 Å². The first kappa shape index (κ1) is 14.0. The fourth-order valence-electron chi connectivity index (χ4n) is 2.43. The minimum absolute atomic E-state index is 0.220. The molecule has 1 aromatic rings. The molecule has 21 heavy (non-hydrogen) atoms. The second-order valence-electron chi connectivity index (χ2n) is 5.20. The van der Waals surface area contributed by atoms with Gasteiger partial charge in [-0.2, -0.15) is 17.0 Å². The number of rotatable bonds is 3. The summed E-state index contributed by atoms with van der Waals surface area (Å²) in [5, 5.41) is 16.0. The summed E-state index contributed by atoms with van der Waals surface area (Å²) < 4.78 is 0. The monoisotopic (exact) mass is 301 g/mol. The van der Waals surface area contributed by atoms with Crippen LogP contribution < -0.4 is 5.32 Å². The van der Waals surface area contributed by atoms with Crippen LogP contribution in [0.5, 0.6) is 0 Å². The molecule has 6 heteroatoms. The van der Waals surface area contributed by atoms with Gasteiger partial charge in [-0.05, 0) is 17.7 Å². The van der Waals surface area contributed by atoms with Crippen molar-refractivity contribution in [2.75, 3.05) is 11.5 Å². The number of nitriles is 1. The Morgan fingerprint density at radius 3 is 2.95 bits per heavy atom. The number of nitrogens with zero attached hydrogens (tertiary/aromatic N) is 2. The average Bonchev–Trinajstić information content (AvgIpc) is 3.18. The molecule has 0 bridgehead atoms. The Kier molecular flexibility index (Phi) is 3.84. The van der Waals surface area contributed by atoms with Crippen molar-refractivity contribution in [2.24, 2.45) is 5.16 Å². The Morgan fingerprint density at radius 1 is 1.48 bits per heavy atom.